The van der Waals surface area contributed by atoms with E-state index in [4.69, 9.17) is 28.6 Å². The Hall–Kier alpha value is -0.930. The molecule has 0 radical (unpaired) electrons. The summed E-state index contributed by atoms with van der Waals surface area (Å²) in [5.41, 5.74) is 1.04. The molecule has 5 heteroatoms. The molecule has 0 bridgehead atoms. The molecule has 1 atom stereocenters. The molecule has 0 saturated carbocycles. The lowest BCUT2D eigenvalue weighted by molar-refractivity contribution is 0.706. The molecule has 1 aromatic rings. The Balaban J connectivity index is 2.24. The highest BCUT2D eigenvalue weighted by Gasteiger charge is 2.19. The average molecular weight is 230 g/mol. The lowest BCUT2D eigenvalue weighted by Gasteiger charge is -2.09. The monoisotopic (exact) mass is 229 g/mol. The standard InChI is InChI=1S/C9H9Cl2N3/c10-6-2-1-5(3-7(6)11)8-4-13-9(12)14-8/h1-3,8H,4H2,(H3,12,13,14). The molecule has 14 heavy (non-hydrogen) atoms. The van der Waals surface area contributed by atoms with Gasteiger partial charge in [0.15, 0.2) is 5.96 Å². The zero-order valence-corrected chi connectivity index (χ0v) is 8.78. The largest absolute Gasteiger partial charge is 0.354 e. The predicted octanol–water partition coefficient (Wildman–Crippen LogP) is 2.16. The van der Waals surface area contributed by atoms with Crippen LogP contribution in [0.4, 0.5) is 0 Å². The second-order valence-corrected chi connectivity index (χ2v) is 3.94. The number of hydrogen-bond donors (Lipinski definition) is 3. The summed E-state index contributed by atoms with van der Waals surface area (Å²) in [5.74, 6) is 0.348. The number of hydrogen-bond acceptors (Lipinski definition) is 1. The van der Waals surface area contributed by atoms with Gasteiger partial charge >= 0.3 is 0 Å². The Kier molecular flexibility index (Phi) is 2.52. The number of benzene rings is 1. The molecule has 1 aliphatic heterocycles. The van der Waals surface area contributed by atoms with Crippen LogP contribution in [0.5, 0.6) is 0 Å². The number of rotatable bonds is 1. The minimum atomic E-state index is 0.109. The molecular weight excluding hydrogens is 221 g/mol. The maximum atomic E-state index is 7.34. The van der Waals surface area contributed by atoms with E-state index in [2.05, 4.69) is 10.6 Å². The van der Waals surface area contributed by atoms with Crippen molar-refractivity contribution in [3.8, 4) is 0 Å². The summed E-state index contributed by atoms with van der Waals surface area (Å²) in [4.78, 5) is 0. The molecule has 1 heterocycles. The zero-order valence-electron chi connectivity index (χ0n) is 7.27. The lowest BCUT2D eigenvalue weighted by atomic mass is 10.1. The average Bonchev–Trinajstić information content (AvgIpc) is 2.57. The Morgan fingerprint density at radius 3 is 2.64 bits per heavy atom. The van der Waals surface area contributed by atoms with Crippen molar-refractivity contribution >= 4 is 29.2 Å². The SMILES string of the molecule is N=C1NCC(c2ccc(Cl)c(Cl)c2)N1. The summed E-state index contributed by atoms with van der Waals surface area (Å²) < 4.78 is 0. The van der Waals surface area contributed by atoms with E-state index in [1.54, 1.807) is 6.07 Å². The Bertz CT molecular complexity index is 378. The van der Waals surface area contributed by atoms with Crippen LogP contribution in [0.1, 0.15) is 11.6 Å². The molecule has 0 aromatic heterocycles. The highest BCUT2D eigenvalue weighted by molar-refractivity contribution is 6.42. The highest BCUT2D eigenvalue weighted by Crippen LogP contribution is 2.26. The number of halogens is 2. The van der Waals surface area contributed by atoms with Gasteiger partial charge in [-0.25, -0.2) is 0 Å². The van der Waals surface area contributed by atoms with Crippen molar-refractivity contribution < 1.29 is 0 Å². The zero-order chi connectivity index (χ0) is 10.1. The van der Waals surface area contributed by atoms with Gasteiger partial charge in [0.05, 0.1) is 16.1 Å². The molecule has 3 N–H and O–H groups in total. The molecule has 1 aromatic carbocycles. The Morgan fingerprint density at radius 1 is 1.29 bits per heavy atom. The Labute approximate surface area is 91.9 Å². The summed E-state index contributed by atoms with van der Waals surface area (Å²) in [6, 6.07) is 5.61. The number of guanidine groups is 1. The molecule has 1 aliphatic rings. The first-order valence-electron chi connectivity index (χ1n) is 4.21. The molecule has 2 rings (SSSR count). The summed E-state index contributed by atoms with van der Waals surface area (Å²) in [6.07, 6.45) is 0. The van der Waals surface area contributed by atoms with E-state index in [0.717, 1.165) is 5.56 Å². The van der Waals surface area contributed by atoms with Crippen LogP contribution in [-0.4, -0.2) is 12.5 Å². The molecule has 0 spiro atoms. The summed E-state index contributed by atoms with van der Waals surface area (Å²) in [7, 11) is 0. The van der Waals surface area contributed by atoms with Gasteiger partial charge in [0, 0.05) is 6.54 Å². The van der Waals surface area contributed by atoms with Crippen molar-refractivity contribution in [3.63, 3.8) is 0 Å². The molecule has 0 amide bonds. The molecule has 1 fully saturated rings. The van der Waals surface area contributed by atoms with Crippen LogP contribution in [0.2, 0.25) is 10.0 Å². The first-order chi connectivity index (χ1) is 6.66. The van der Waals surface area contributed by atoms with Crippen LogP contribution in [0.3, 0.4) is 0 Å². The van der Waals surface area contributed by atoms with Crippen LogP contribution in [0.25, 0.3) is 0 Å². The smallest absolute Gasteiger partial charge is 0.189 e. The van der Waals surface area contributed by atoms with Crippen molar-refractivity contribution in [2.24, 2.45) is 0 Å². The van der Waals surface area contributed by atoms with Gasteiger partial charge < -0.3 is 10.6 Å². The molecule has 74 valence electrons. The quantitative estimate of drug-likeness (QED) is 0.692. The van der Waals surface area contributed by atoms with Crippen LogP contribution >= 0.6 is 23.2 Å². The maximum Gasteiger partial charge on any atom is 0.189 e. The molecular formula is C9H9Cl2N3. The highest BCUT2D eigenvalue weighted by atomic mass is 35.5. The number of nitrogens with one attached hydrogen (secondary N) is 3. The third-order valence-electron chi connectivity index (χ3n) is 2.15. The van der Waals surface area contributed by atoms with Crippen molar-refractivity contribution in [2.45, 2.75) is 6.04 Å². The topological polar surface area (TPSA) is 47.9 Å². The van der Waals surface area contributed by atoms with Gasteiger partial charge in [-0.3, -0.25) is 5.41 Å². The summed E-state index contributed by atoms with van der Waals surface area (Å²) in [5, 5.41) is 14.3. The van der Waals surface area contributed by atoms with E-state index in [9.17, 15) is 0 Å². The van der Waals surface area contributed by atoms with E-state index >= 15 is 0 Å². The second kappa shape index (κ2) is 3.67. The van der Waals surface area contributed by atoms with Gasteiger partial charge in [-0.15, -0.1) is 0 Å². The maximum absolute atomic E-state index is 7.34. The van der Waals surface area contributed by atoms with E-state index < -0.39 is 0 Å². The van der Waals surface area contributed by atoms with Gasteiger partial charge in [-0.05, 0) is 17.7 Å². The Morgan fingerprint density at radius 2 is 2.07 bits per heavy atom. The van der Waals surface area contributed by atoms with Crippen LogP contribution in [0, 0.1) is 5.41 Å². The summed E-state index contributed by atoms with van der Waals surface area (Å²) in [6.45, 7) is 0.705. The van der Waals surface area contributed by atoms with E-state index in [1.807, 2.05) is 12.1 Å². The van der Waals surface area contributed by atoms with Gasteiger partial charge in [-0.1, -0.05) is 29.3 Å². The van der Waals surface area contributed by atoms with E-state index in [0.29, 0.717) is 22.5 Å². The summed E-state index contributed by atoms with van der Waals surface area (Å²) >= 11 is 11.7. The van der Waals surface area contributed by atoms with Crippen molar-refractivity contribution in [1.29, 1.82) is 5.41 Å². The third-order valence-corrected chi connectivity index (χ3v) is 2.89. The minimum Gasteiger partial charge on any atom is -0.354 e. The van der Waals surface area contributed by atoms with Crippen LogP contribution in [0.15, 0.2) is 18.2 Å². The van der Waals surface area contributed by atoms with Gasteiger partial charge in [0.2, 0.25) is 0 Å². The third kappa shape index (κ3) is 1.79. The lowest BCUT2D eigenvalue weighted by Crippen LogP contribution is -2.22. The van der Waals surface area contributed by atoms with Gasteiger partial charge in [0.1, 0.15) is 0 Å². The van der Waals surface area contributed by atoms with E-state index in [-0.39, 0.29) is 6.04 Å². The van der Waals surface area contributed by atoms with Crippen LogP contribution in [-0.2, 0) is 0 Å². The van der Waals surface area contributed by atoms with Crippen molar-refractivity contribution in [2.75, 3.05) is 6.54 Å². The van der Waals surface area contributed by atoms with E-state index in [1.165, 1.54) is 0 Å². The van der Waals surface area contributed by atoms with Gasteiger partial charge in [0.25, 0.3) is 0 Å². The molecule has 1 unspecified atom stereocenters. The fraction of sp³-hybridized carbons (Fsp3) is 0.222. The first kappa shape index (κ1) is 9.62. The van der Waals surface area contributed by atoms with Crippen LogP contribution < -0.4 is 10.6 Å². The minimum absolute atomic E-state index is 0.109. The van der Waals surface area contributed by atoms with Crippen molar-refractivity contribution in [1.82, 2.24) is 10.6 Å². The first-order valence-corrected chi connectivity index (χ1v) is 4.96. The van der Waals surface area contributed by atoms with Crippen molar-refractivity contribution in [3.05, 3.63) is 33.8 Å². The van der Waals surface area contributed by atoms with Gasteiger partial charge in [-0.2, -0.15) is 0 Å². The fourth-order valence-corrected chi connectivity index (χ4v) is 1.72. The second-order valence-electron chi connectivity index (χ2n) is 3.13. The molecule has 3 nitrogen and oxygen atoms in total. The fourth-order valence-electron chi connectivity index (χ4n) is 1.41. The predicted molar refractivity (Wildman–Crippen MR) is 58.1 cm³/mol. The normalized spacial score (nSPS) is 20.4. The molecule has 0 aliphatic carbocycles. The molecule has 1 saturated heterocycles.